The fraction of sp³-hybridized carbons (Fsp3) is 0.926. The third kappa shape index (κ3) is 12.0. The van der Waals surface area contributed by atoms with E-state index in [1.807, 2.05) is 20.8 Å². The van der Waals surface area contributed by atoms with Gasteiger partial charge in [0, 0.05) is 31.3 Å². The molecule has 30 heteroatoms. The predicted octanol–water partition coefficient (Wildman–Crippen LogP) is -0.475. The summed E-state index contributed by atoms with van der Waals surface area (Å²) >= 11 is 0. The minimum Gasteiger partial charge on any atom is -0.458 e. The second-order valence-electron chi connectivity index (χ2n) is 26.3. The summed E-state index contributed by atoms with van der Waals surface area (Å²) in [4.78, 5) is 27.7. The standard InChI is InChI=1S/C54H86O28S2/c1-23(2)18-25(56)19-53(8)32-13-16-52(7)27-10-11-31-50(4,5)33(14-15-51(31,6)26(27)12-17-54(32,52)49(64)81-53)77-48-44(36(59)30(21-72-48)82-84(68,69)70)80-45-38(61)37(60)41(24(3)74-45)78-47-40(63)43(35(58)29(76-47)22-73-83(65,66)67)79-46-39(62)42(71-9)34(57)28(20-55)75-46/h10,23-24,26,28-48,55,57-63H,11-22H2,1-9H3,(H,65,66,67)(H,68,69,70)/t24-,26-,28+,29-,30-,31-,32-,33-,34-,35+,36-,37-,38+,39-,40+,41+,42-,43+,44-,45-,46+,47+,48-,51-,52+,53-,54-/m1/s1. The lowest BCUT2D eigenvalue weighted by atomic mass is 9.41. The van der Waals surface area contributed by atoms with Crippen molar-refractivity contribution in [3.8, 4) is 0 Å². The maximum atomic E-state index is 14.4. The number of fused-ring (bicyclic) bond motifs is 4. The van der Waals surface area contributed by atoms with Gasteiger partial charge >= 0.3 is 26.8 Å². The molecule has 0 bridgehead atoms. The van der Waals surface area contributed by atoms with Gasteiger partial charge < -0.3 is 88.2 Å². The Labute approximate surface area is 488 Å². The highest BCUT2D eigenvalue weighted by molar-refractivity contribution is 7.81. The molecule has 9 aliphatic rings. The molecule has 28 nitrogen and oxygen atoms in total. The monoisotopic (exact) mass is 1250 g/mol. The Morgan fingerprint density at radius 1 is 0.702 bits per heavy atom. The molecule has 1 spiro atoms. The fourth-order valence-corrected chi connectivity index (χ4v) is 17.3. The number of aliphatic hydroxyl groups excluding tert-OH is 8. The molecule has 0 aromatic carbocycles. The molecule has 0 unspecified atom stereocenters. The quantitative estimate of drug-likeness (QED) is 0.0444. The maximum Gasteiger partial charge on any atom is 0.397 e. The van der Waals surface area contributed by atoms with Crippen molar-refractivity contribution in [3.63, 3.8) is 0 Å². The van der Waals surface area contributed by atoms with E-state index in [-0.39, 0.29) is 47.3 Å². The van der Waals surface area contributed by atoms with E-state index in [0.29, 0.717) is 32.1 Å². The number of hydrogen-bond acceptors (Lipinski definition) is 26. The molecule has 5 saturated heterocycles. The van der Waals surface area contributed by atoms with Gasteiger partial charge in [0.15, 0.2) is 25.2 Å². The molecule has 482 valence electrons. The van der Waals surface area contributed by atoms with E-state index in [9.17, 15) is 76.4 Å². The van der Waals surface area contributed by atoms with Crippen molar-refractivity contribution in [2.75, 3.05) is 26.9 Å². The molecule has 5 aliphatic heterocycles. The molecule has 0 aromatic rings. The maximum absolute atomic E-state index is 14.4. The number of esters is 1. The molecule has 4 aliphatic carbocycles. The van der Waals surface area contributed by atoms with Crippen LogP contribution in [-0.2, 0) is 86.1 Å². The van der Waals surface area contributed by atoms with Crippen molar-refractivity contribution in [1.29, 1.82) is 0 Å². The van der Waals surface area contributed by atoms with Crippen molar-refractivity contribution in [1.82, 2.24) is 0 Å². The zero-order valence-electron chi connectivity index (χ0n) is 48.6. The van der Waals surface area contributed by atoms with Crippen molar-refractivity contribution in [2.24, 2.45) is 45.3 Å². The number of aliphatic hydroxyl groups is 8. The normalized spacial score (nSPS) is 48.6. The summed E-state index contributed by atoms with van der Waals surface area (Å²) in [6.07, 6.45) is -27.4. The van der Waals surface area contributed by atoms with Crippen molar-refractivity contribution >= 4 is 32.6 Å². The lowest BCUT2D eigenvalue weighted by Gasteiger charge is -2.64. The third-order valence-electron chi connectivity index (χ3n) is 20.5. The van der Waals surface area contributed by atoms with Crippen molar-refractivity contribution < 1.29 is 132 Å². The van der Waals surface area contributed by atoms with Gasteiger partial charge in [-0.15, -0.1) is 0 Å². The summed E-state index contributed by atoms with van der Waals surface area (Å²) in [6.45, 7) is 13.3. The highest BCUT2D eigenvalue weighted by Crippen LogP contribution is 2.76. The zero-order valence-corrected chi connectivity index (χ0v) is 50.2. The molecule has 0 radical (unpaired) electrons. The van der Waals surface area contributed by atoms with Gasteiger partial charge in [-0.3, -0.25) is 18.7 Å². The average molecular weight is 1250 g/mol. The van der Waals surface area contributed by atoms with Crippen LogP contribution in [0.5, 0.6) is 0 Å². The first kappa shape index (κ1) is 66.4. The number of ketones is 1. The first-order chi connectivity index (χ1) is 39.0. The van der Waals surface area contributed by atoms with Crippen LogP contribution in [0, 0.1) is 45.3 Å². The number of allylic oxidation sites excluding steroid dienone is 2. The van der Waals surface area contributed by atoms with Crippen molar-refractivity contribution in [3.05, 3.63) is 11.6 Å². The number of carbonyl (C=O) groups is 2. The van der Waals surface area contributed by atoms with Gasteiger partial charge in [0.2, 0.25) is 0 Å². The average Bonchev–Trinajstić information content (AvgIpc) is 1.44. The van der Waals surface area contributed by atoms with Gasteiger partial charge in [-0.2, -0.15) is 16.8 Å². The molecule has 0 amide bonds. The summed E-state index contributed by atoms with van der Waals surface area (Å²) in [7, 11) is -9.25. The van der Waals surface area contributed by atoms with E-state index in [4.69, 9.17) is 51.6 Å². The van der Waals surface area contributed by atoms with Gasteiger partial charge in [0.1, 0.15) is 96.8 Å². The van der Waals surface area contributed by atoms with Gasteiger partial charge in [-0.25, -0.2) is 8.37 Å². The molecular weight excluding hydrogens is 1160 g/mol. The van der Waals surface area contributed by atoms with Gasteiger partial charge in [-0.1, -0.05) is 53.2 Å². The minimum atomic E-state index is -5.21. The van der Waals surface area contributed by atoms with Crippen LogP contribution in [0.1, 0.15) is 113 Å². The Morgan fingerprint density at radius 3 is 1.95 bits per heavy atom. The fourth-order valence-electron chi connectivity index (χ4n) is 16.5. The van der Waals surface area contributed by atoms with E-state index in [2.05, 4.69) is 38.0 Å². The number of Topliss-reactive ketones (excluding diaryl/α,β-unsaturated/α-hetero) is 1. The van der Waals surface area contributed by atoms with Crippen LogP contribution in [0.15, 0.2) is 11.6 Å². The summed E-state index contributed by atoms with van der Waals surface area (Å²) in [6, 6.07) is 0. The number of methoxy groups -OCH3 is 1. The summed E-state index contributed by atoms with van der Waals surface area (Å²) in [5.74, 6) is 0.0274. The van der Waals surface area contributed by atoms with Crippen LogP contribution in [0.25, 0.3) is 0 Å². The Kier molecular flexibility index (Phi) is 19.2. The second kappa shape index (κ2) is 24.3. The topological polar surface area (TPSA) is 415 Å². The number of cyclic esters (lactones) is 1. The molecule has 0 aromatic heterocycles. The second-order valence-corrected chi connectivity index (χ2v) is 28.5. The molecule has 3 saturated carbocycles. The third-order valence-corrected chi connectivity index (χ3v) is 21.4. The van der Waals surface area contributed by atoms with Crippen LogP contribution < -0.4 is 0 Å². The van der Waals surface area contributed by atoms with Crippen LogP contribution in [0.2, 0.25) is 0 Å². The first-order valence-electron chi connectivity index (χ1n) is 28.9. The smallest absolute Gasteiger partial charge is 0.397 e. The summed E-state index contributed by atoms with van der Waals surface area (Å²) in [5, 5.41) is 89.6. The lowest BCUT2D eigenvalue weighted by molar-refractivity contribution is -0.389. The summed E-state index contributed by atoms with van der Waals surface area (Å²) in [5.41, 5.74) is -1.82. The molecule has 27 atom stereocenters. The Hall–Kier alpha value is -2.06. The molecular formula is C54H86O28S2. The largest absolute Gasteiger partial charge is 0.458 e. The van der Waals surface area contributed by atoms with Crippen molar-refractivity contribution in [2.45, 2.75) is 242 Å². The summed E-state index contributed by atoms with van der Waals surface area (Å²) < 4.78 is 135. The van der Waals surface area contributed by atoms with Gasteiger partial charge in [-0.05, 0) is 87.4 Å². The molecule has 10 N–H and O–H groups in total. The Balaban J connectivity index is 0.912. The SMILES string of the molecule is CO[C@H]1[C@@H](O)[C@H](O[C@@H]2[C@H](O)[C@H](O[C@@H]3[C@H](O)[C@H](O)[C@@H](O[C@H]4[C@@H](O[C@@H]5CC[C@]6(C)[C@@H]7CC[C@]89C(=O)O[C@](C)(CC(=O)CC(C)C)[C@H]8CC[C@@]9(C)C7=CC[C@@H]6C5(C)C)OC[C@@H](OS(=O)(=O)O)[C@H]4O)O[C@@H]3C)O[C@H](COS(=O)(=O)O)[C@@H]2O)O[C@@H](CO)[C@H]1O. The van der Waals surface area contributed by atoms with E-state index in [1.54, 1.807) is 0 Å². The molecule has 9 rings (SSSR count). The van der Waals surface area contributed by atoms with Gasteiger partial charge in [0.25, 0.3) is 0 Å². The Morgan fingerprint density at radius 2 is 1.32 bits per heavy atom. The number of ether oxygens (including phenoxy) is 10. The zero-order chi connectivity index (χ0) is 61.8. The number of hydrogen-bond donors (Lipinski definition) is 10. The van der Waals surface area contributed by atoms with Crippen LogP contribution >= 0.6 is 0 Å². The van der Waals surface area contributed by atoms with Crippen LogP contribution in [0.4, 0.5) is 0 Å². The van der Waals surface area contributed by atoms with E-state index in [1.165, 1.54) is 12.5 Å². The number of carbonyl (C=O) groups excluding carboxylic acids is 2. The minimum absolute atomic E-state index is 0.00754. The van der Waals surface area contributed by atoms with Crippen LogP contribution in [0.3, 0.4) is 0 Å². The van der Waals surface area contributed by atoms with Gasteiger partial charge in [0.05, 0.1) is 37.4 Å². The first-order valence-corrected chi connectivity index (χ1v) is 31.6. The highest BCUT2D eigenvalue weighted by atomic mass is 32.3. The van der Waals surface area contributed by atoms with E-state index in [0.717, 1.165) is 26.4 Å². The van der Waals surface area contributed by atoms with Crippen LogP contribution in [-0.4, -0.2) is 234 Å². The number of rotatable bonds is 19. The molecule has 5 heterocycles. The lowest BCUT2D eigenvalue weighted by Crippen LogP contribution is -2.67. The molecule has 8 fully saturated rings. The van der Waals surface area contributed by atoms with E-state index < -0.39 is 185 Å². The Bertz CT molecular complexity index is 2640. The van der Waals surface area contributed by atoms with E-state index >= 15 is 0 Å². The predicted molar refractivity (Wildman–Crippen MR) is 282 cm³/mol. The highest BCUT2D eigenvalue weighted by Gasteiger charge is 2.76. The molecule has 84 heavy (non-hydrogen) atoms.